The van der Waals surface area contributed by atoms with Crippen LogP contribution in [0, 0.1) is 20.8 Å². The quantitative estimate of drug-likeness (QED) is 0.726. The molecule has 1 aromatic heterocycles. The van der Waals surface area contributed by atoms with E-state index in [9.17, 15) is 4.79 Å². The van der Waals surface area contributed by atoms with Gasteiger partial charge in [0, 0.05) is 29.4 Å². The van der Waals surface area contributed by atoms with Gasteiger partial charge in [-0.05, 0) is 59.3 Å². The highest BCUT2D eigenvalue weighted by molar-refractivity contribution is 5.92. The van der Waals surface area contributed by atoms with E-state index >= 15 is 0 Å². The number of likely N-dealkylation sites (N-methyl/N-ethyl adjacent to an activating group) is 1. The first-order valence-corrected chi connectivity index (χ1v) is 10.5. The summed E-state index contributed by atoms with van der Waals surface area (Å²) >= 11 is 0. The van der Waals surface area contributed by atoms with Gasteiger partial charge in [0.1, 0.15) is 0 Å². The lowest BCUT2D eigenvalue weighted by Crippen LogP contribution is -2.50. The summed E-state index contributed by atoms with van der Waals surface area (Å²) in [6, 6.07) is 8.52. The molecule has 3 rings (SSSR count). The largest absolute Gasteiger partial charge is 0.351 e. The zero-order chi connectivity index (χ0) is 21.0. The summed E-state index contributed by atoms with van der Waals surface area (Å²) in [6.07, 6.45) is 8.31. The smallest absolute Gasteiger partial charge is 0.244 e. The normalized spacial score (nSPS) is 16.1. The lowest BCUT2D eigenvalue weighted by Gasteiger charge is -2.36. The fourth-order valence-corrected chi connectivity index (χ4v) is 4.26. The number of nitrogens with zero attached hydrogens (tertiary/aromatic N) is 3. The Kier molecular flexibility index (Phi) is 6.58. The fourth-order valence-electron chi connectivity index (χ4n) is 4.26. The van der Waals surface area contributed by atoms with Crippen LogP contribution >= 0.6 is 0 Å². The molecule has 1 aliphatic rings. The van der Waals surface area contributed by atoms with Crippen LogP contribution in [0.3, 0.4) is 0 Å². The molecule has 0 aliphatic heterocycles. The summed E-state index contributed by atoms with van der Waals surface area (Å²) in [5.41, 5.74) is 5.63. The molecule has 1 fully saturated rings. The maximum atomic E-state index is 12.4. The number of nitrogens with one attached hydrogen (secondary N) is 1. The zero-order valence-electron chi connectivity index (χ0n) is 18.5. The van der Waals surface area contributed by atoms with E-state index in [0.29, 0.717) is 6.54 Å². The third-order valence-corrected chi connectivity index (χ3v) is 6.37. The molecule has 1 aromatic carbocycles. The van der Waals surface area contributed by atoms with Gasteiger partial charge in [0.25, 0.3) is 0 Å². The van der Waals surface area contributed by atoms with Crippen LogP contribution in [-0.4, -0.2) is 46.8 Å². The molecular formula is C24H34N4O. The number of carbonyl (C=O) groups excluding carboxylic acids is 1. The Hall–Kier alpha value is -2.40. The molecule has 5 nitrogen and oxygen atoms in total. The summed E-state index contributed by atoms with van der Waals surface area (Å²) < 4.78 is 2.01. The zero-order valence-corrected chi connectivity index (χ0v) is 18.5. The molecule has 0 spiro atoms. The number of aryl methyl sites for hydroxylation is 2. The first-order valence-electron chi connectivity index (χ1n) is 10.5. The second-order valence-corrected chi connectivity index (χ2v) is 8.60. The highest BCUT2D eigenvalue weighted by Crippen LogP contribution is 2.33. The molecule has 1 N–H and O–H groups in total. The van der Waals surface area contributed by atoms with Crippen LogP contribution in [0.25, 0.3) is 6.08 Å². The van der Waals surface area contributed by atoms with Crippen LogP contribution in [0.4, 0.5) is 0 Å². The average molecular weight is 395 g/mol. The molecule has 0 bridgehead atoms. The van der Waals surface area contributed by atoms with Crippen LogP contribution in [0.5, 0.6) is 0 Å². The topological polar surface area (TPSA) is 50.2 Å². The molecule has 0 radical (unpaired) electrons. The Morgan fingerprint density at radius 3 is 2.45 bits per heavy atom. The summed E-state index contributed by atoms with van der Waals surface area (Å²) in [5.74, 6) is -0.0387. The van der Waals surface area contributed by atoms with Gasteiger partial charge < -0.3 is 10.2 Å². The van der Waals surface area contributed by atoms with E-state index in [2.05, 4.69) is 67.5 Å². The molecule has 5 heteroatoms. The lowest BCUT2D eigenvalue weighted by atomic mass is 9.96. The summed E-state index contributed by atoms with van der Waals surface area (Å²) in [6.45, 7) is 7.58. The molecule has 2 aromatic rings. The second kappa shape index (κ2) is 8.95. The van der Waals surface area contributed by atoms with Gasteiger partial charge >= 0.3 is 0 Å². The van der Waals surface area contributed by atoms with Crippen molar-refractivity contribution in [3.8, 4) is 0 Å². The molecule has 29 heavy (non-hydrogen) atoms. The molecular weight excluding hydrogens is 360 g/mol. The third kappa shape index (κ3) is 4.96. The Morgan fingerprint density at radius 2 is 1.83 bits per heavy atom. The molecule has 156 valence electrons. The van der Waals surface area contributed by atoms with Gasteiger partial charge in [-0.15, -0.1) is 0 Å². The molecule has 0 atom stereocenters. The second-order valence-electron chi connectivity index (χ2n) is 8.60. The highest BCUT2D eigenvalue weighted by atomic mass is 16.1. The van der Waals surface area contributed by atoms with Crippen molar-refractivity contribution < 1.29 is 4.79 Å². The maximum Gasteiger partial charge on any atom is 0.244 e. The molecule has 1 saturated carbocycles. The van der Waals surface area contributed by atoms with Crippen molar-refractivity contribution in [2.75, 3.05) is 20.6 Å². The van der Waals surface area contributed by atoms with Crippen molar-refractivity contribution in [3.63, 3.8) is 0 Å². The van der Waals surface area contributed by atoms with Gasteiger partial charge in [0.2, 0.25) is 5.91 Å². The van der Waals surface area contributed by atoms with Crippen molar-refractivity contribution in [1.29, 1.82) is 0 Å². The summed E-state index contributed by atoms with van der Waals surface area (Å²) in [5, 5.41) is 7.79. The van der Waals surface area contributed by atoms with Crippen molar-refractivity contribution in [2.24, 2.45) is 0 Å². The highest BCUT2D eigenvalue weighted by Gasteiger charge is 2.35. The number of aromatic nitrogens is 2. The number of amides is 1. The molecule has 1 aliphatic carbocycles. The standard InChI is InChI=1S/C24H34N4O/c1-18-8-10-21(11-9-18)16-28-20(3)22(19(2)26-28)12-13-23(29)25-17-24(27(4)5)14-6-7-15-24/h8-13H,6-7,14-17H2,1-5H3,(H,25,29)/b13-12+. The SMILES string of the molecule is Cc1ccc(Cn2nc(C)c(/C=C/C(=O)NCC3(N(C)C)CCCC3)c2C)cc1. The maximum absolute atomic E-state index is 12.4. The number of hydrogen-bond donors (Lipinski definition) is 1. The molecule has 1 heterocycles. The summed E-state index contributed by atoms with van der Waals surface area (Å²) in [4.78, 5) is 14.7. The first-order chi connectivity index (χ1) is 13.8. The van der Waals surface area contributed by atoms with Crippen molar-refractivity contribution in [3.05, 3.63) is 58.4 Å². The average Bonchev–Trinajstić information content (AvgIpc) is 3.27. The van der Waals surface area contributed by atoms with E-state index in [4.69, 9.17) is 0 Å². The number of rotatable bonds is 7. The van der Waals surface area contributed by atoms with Gasteiger partial charge in [-0.2, -0.15) is 5.10 Å². The first kappa shape index (κ1) is 21.3. The third-order valence-electron chi connectivity index (χ3n) is 6.37. The fraction of sp³-hybridized carbons (Fsp3) is 0.500. The monoisotopic (exact) mass is 394 g/mol. The minimum atomic E-state index is -0.0387. The van der Waals surface area contributed by atoms with E-state index in [0.717, 1.165) is 36.3 Å². The van der Waals surface area contributed by atoms with E-state index < -0.39 is 0 Å². The Bertz CT molecular complexity index is 871. The molecule has 1 amide bonds. The predicted octanol–water partition coefficient (Wildman–Crippen LogP) is 3.86. The molecule has 0 saturated heterocycles. The van der Waals surface area contributed by atoms with Gasteiger partial charge in [-0.25, -0.2) is 0 Å². The number of hydrogen-bond acceptors (Lipinski definition) is 3. The Labute approximate surface area is 174 Å². The van der Waals surface area contributed by atoms with E-state index in [1.54, 1.807) is 6.08 Å². The van der Waals surface area contributed by atoms with Crippen molar-refractivity contribution in [1.82, 2.24) is 20.0 Å². The van der Waals surface area contributed by atoms with E-state index in [-0.39, 0.29) is 11.4 Å². The Balaban J connectivity index is 1.64. The van der Waals surface area contributed by atoms with Crippen molar-refractivity contribution >= 4 is 12.0 Å². The number of benzene rings is 1. The minimum absolute atomic E-state index is 0.0387. The Morgan fingerprint density at radius 1 is 1.17 bits per heavy atom. The minimum Gasteiger partial charge on any atom is -0.351 e. The van der Waals surface area contributed by atoms with Crippen molar-refractivity contribution in [2.45, 2.75) is 58.5 Å². The van der Waals surface area contributed by atoms with E-state index in [1.807, 2.05) is 17.7 Å². The van der Waals surface area contributed by atoms with Crippen LogP contribution in [0.15, 0.2) is 30.3 Å². The molecule has 0 unspecified atom stereocenters. The van der Waals surface area contributed by atoms with E-state index in [1.165, 1.54) is 24.0 Å². The van der Waals surface area contributed by atoms with Crippen LogP contribution < -0.4 is 5.32 Å². The van der Waals surface area contributed by atoms with Gasteiger partial charge in [0.05, 0.1) is 12.2 Å². The van der Waals surface area contributed by atoms with Crippen LogP contribution in [0.1, 0.15) is 53.8 Å². The number of carbonyl (C=O) groups is 1. The lowest BCUT2D eigenvalue weighted by molar-refractivity contribution is -0.117. The van der Waals surface area contributed by atoms with Gasteiger partial charge in [-0.3, -0.25) is 9.48 Å². The summed E-state index contributed by atoms with van der Waals surface area (Å²) in [7, 11) is 4.23. The van der Waals surface area contributed by atoms with Crippen LogP contribution in [-0.2, 0) is 11.3 Å². The van der Waals surface area contributed by atoms with Gasteiger partial charge in [-0.1, -0.05) is 42.7 Å². The predicted molar refractivity (Wildman–Crippen MR) is 119 cm³/mol. The van der Waals surface area contributed by atoms with Crippen LogP contribution in [0.2, 0.25) is 0 Å². The van der Waals surface area contributed by atoms with Gasteiger partial charge in [0.15, 0.2) is 0 Å².